The van der Waals surface area contributed by atoms with Gasteiger partial charge < -0.3 is 14.8 Å². The van der Waals surface area contributed by atoms with Gasteiger partial charge >= 0.3 is 0 Å². The average molecular weight is 288 g/mol. The smallest absolute Gasteiger partial charge is 0.169 e. The van der Waals surface area contributed by atoms with Crippen molar-refractivity contribution in [2.75, 3.05) is 6.54 Å². The van der Waals surface area contributed by atoms with E-state index in [-0.39, 0.29) is 6.04 Å². The molecule has 2 heterocycles. The van der Waals surface area contributed by atoms with Crippen LogP contribution in [0.2, 0.25) is 0 Å². The summed E-state index contributed by atoms with van der Waals surface area (Å²) < 4.78 is 6.06. The standard InChI is InChI=1S/C12H18BrNO2/c1-2-8-5-6-14-9(7-8)12(15)10-3-4-11(13)16-10/h3-4,8-9,12,14-15H,2,5-7H2,1H3. The van der Waals surface area contributed by atoms with Crippen LogP contribution in [-0.2, 0) is 0 Å². The van der Waals surface area contributed by atoms with Crippen molar-refractivity contribution >= 4 is 15.9 Å². The van der Waals surface area contributed by atoms with Crippen molar-refractivity contribution in [1.82, 2.24) is 5.32 Å². The van der Waals surface area contributed by atoms with E-state index < -0.39 is 6.10 Å². The predicted octanol–water partition coefficient (Wildman–Crippen LogP) is 2.85. The van der Waals surface area contributed by atoms with Gasteiger partial charge in [-0.3, -0.25) is 0 Å². The van der Waals surface area contributed by atoms with Gasteiger partial charge in [-0.25, -0.2) is 0 Å². The molecule has 1 aliphatic heterocycles. The quantitative estimate of drug-likeness (QED) is 0.899. The van der Waals surface area contributed by atoms with Gasteiger partial charge in [0.1, 0.15) is 11.9 Å². The molecule has 3 atom stereocenters. The molecule has 1 aromatic heterocycles. The van der Waals surface area contributed by atoms with Crippen LogP contribution < -0.4 is 5.32 Å². The summed E-state index contributed by atoms with van der Waals surface area (Å²) >= 11 is 3.25. The van der Waals surface area contributed by atoms with Crippen LogP contribution in [0, 0.1) is 5.92 Å². The second-order valence-corrected chi connectivity index (χ2v) is 5.23. The Morgan fingerprint density at radius 1 is 1.62 bits per heavy atom. The second kappa shape index (κ2) is 5.34. The van der Waals surface area contributed by atoms with Crippen LogP contribution in [0.25, 0.3) is 0 Å². The highest BCUT2D eigenvalue weighted by Crippen LogP contribution is 2.29. The molecule has 0 saturated carbocycles. The van der Waals surface area contributed by atoms with E-state index in [1.807, 2.05) is 12.1 Å². The normalized spacial score (nSPS) is 27.9. The maximum Gasteiger partial charge on any atom is 0.169 e. The van der Waals surface area contributed by atoms with Crippen molar-refractivity contribution in [2.24, 2.45) is 5.92 Å². The SMILES string of the molecule is CCC1CCNC(C(O)c2ccc(Br)o2)C1. The minimum Gasteiger partial charge on any atom is -0.452 e. The molecule has 90 valence electrons. The fraction of sp³-hybridized carbons (Fsp3) is 0.667. The van der Waals surface area contributed by atoms with Crippen molar-refractivity contribution in [3.05, 3.63) is 22.6 Å². The van der Waals surface area contributed by atoms with Crippen LogP contribution in [0.3, 0.4) is 0 Å². The minimum absolute atomic E-state index is 0.122. The van der Waals surface area contributed by atoms with E-state index in [0.717, 1.165) is 18.9 Å². The van der Waals surface area contributed by atoms with E-state index in [1.165, 1.54) is 12.8 Å². The Labute approximate surface area is 104 Å². The first kappa shape index (κ1) is 12.1. The third-order valence-corrected chi connectivity index (χ3v) is 3.82. The van der Waals surface area contributed by atoms with Gasteiger partial charge in [0.15, 0.2) is 4.67 Å². The van der Waals surface area contributed by atoms with E-state index in [2.05, 4.69) is 28.2 Å². The topological polar surface area (TPSA) is 45.4 Å². The minimum atomic E-state index is -0.541. The molecule has 1 aromatic rings. The molecule has 0 bridgehead atoms. The third kappa shape index (κ3) is 2.67. The summed E-state index contributed by atoms with van der Waals surface area (Å²) in [6.45, 7) is 3.20. The lowest BCUT2D eigenvalue weighted by molar-refractivity contribution is 0.0783. The van der Waals surface area contributed by atoms with Crippen molar-refractivity contribution in [3.8, 4) is 0 Å². The third-order valence-electron chi connectivity index (χ3n) is 3.39. The highest BCUT2D eigenvalue weighted by molar-refractivity contribution is 9.10. The number of hydrogen-bond donors (Lipinski definition) is 2. The first-order valence-electron chi connectivity index (χ1n) is 5.87. The van der Waals surface area contributed by atoms with Gasteiger partial charge in [-0.1, -0.05) is 13.3 Å². The zero-order valence-corrected chi connectivity index (χ0v) is 11.0. The van der Waals surface area contributed by atoms with Crippen LogP contribution in [0.4, 0.5) is 0 Å². The van der Waals surface area contributed by atoms with Crippen LogP contribution in [0.1, 0.15) is 38.1 Å². The number of piperidine rings is 1. The molecule has 0 aromatic carbocycles. The summed E-state index contributed by atoms with van der Waals surface area (Å²) in [5.41, 5.74) is 0. The molecule has 3 unspecified atom stereocenters. The van der Waals surface area contributed by atoms with Crippen LogP contribution >= 0.6 is 15.9 Å². The van der Waals surface area contributed by atoms with E-state index >= 15 is 0 Å². The summed E-state index contributed by atoms with van der Waals surface area (Å²) in [5.74, 6) is 1.36. The Kier molecular flexibility index (Phi) is 4.05. The van der Waals surface area contributed by atoms with Crippen LogP contribution in [0.15, 0.2) is 21.2 Å². The lowest BCUT2D eigenvalue weighted by Crippen LogP contribution is -2.41. The van der Waals surface area contributed by atoms with Gasteiger partial charge in [-0.15, -0.1) is 0 Å². The Morgan fingerprint density at radius 3 is 3.06 bits per heavy atom. The predicted molar refractivity (Wildman–Crippen MR) is 66.2 cm³/mol. The number of rotatable bonds is 3. The van der Waals surface area contributed by atoms with Gasteiger partial charge in [0.05, 0.1) is 0 Å². The molecule has 2 rings (SSSR count). The Bertz CT molecular complexity index is 340. The molecule has 2 N–H and O–H groups in total. The molecule has 16 heavy (non-hydrogen) atoms. The highest BCUT2D eigenvalue weighted by Gasteiger charge is 2.28. The van der Waals surface area contributed by atoms with Gasteiger partial charge in [-0.05, 0) is 53.4 Å². The summed E-state index contributed by atoms with van der Waals surface area (Å²) in [6.07, 6.45) is 2.88. The molecule has 1 aliphatic rings. The summed E-state index contributed by atoms with van der Waals surface area (Å²) in [6, 6.07) is 3.77. The van der Waals surface area contributed by atoms with Gasteiger partial charge in [0, 0.05) is 6.04 Å². The van der Waals surface area contributed by atoms with Crippen LogP contribution in [0.5, 0.6) is 0 Å². The van der Waals surface area contributed by atoms with Gasteiger partial charge in [0.25, 0.3) is 0 Å². The van der Waals surface area contributed by atoms with E-state index in [4.69, 9.17) is 4.42 Å². The molecule has 3 nitrogen and oxygen atoms in total. The maximum absolute atomic E-state index is 10.2. The molecule has 1 fully saturated rings. The Hall–Kier alpha value is -0.320. The molecule has 4 heteroatoms. The molecule has 0 amide bonds. The number of halogens is 1. The zero-order valence-electron chi connectivity index (χ0n) is 9.45. The van der Waals surface area contributed by atoms with Crippen molar-refractivity contribution < 1.29 is 9.52 Å². The largest absolute Gasteiger partial charge is 0.452 e. The lowest BCUT2D eigenvalue weighted by Gasteiger charge is -2.32. The van der Waals surface area contributed by atoms with E-state index in [1.54, 1.807) is 0 Å². The van der Waals surface area contributed by atoms with Gasteiger partial charge in [0.2, 0.25) is 0 Å². The monoisotopic (exact) mass is 287 g/mol. The molecule has 0 spiro atoms. The molecular weight excluding hydrogens is 270 g/mol. The number of aliphatic hydroxyl groups excluding tert-OH is 1. The van der Waals surface area contributed by atoms with Crippen molar-refractivity contribution in [2.45, 2.75) is 38.3 Å². The molecule has 0 aliphatic carbocycles. The zero-order chi connectivity index (χ0) is 11.5. The van der Waals surface area contributed by atoms with Gasteiger partial charge in [-0.2, -0.15) is 0 Å². The van der Waals surface area contributed by atoms with E-state index in [9.17, 15) is 5.11 Å². The molecule has 1 saturated heterocycles. The Balaban J connectivity index is 2.01. The molecule has 0 radical (unpaired) electrons. The maximum atomic E-state index is 10.2. The Morgan fingerprint density at radius 2 is 2.44 bits per heavy atom. The van der Waals surface area contributed by atoms with Crippen molar-refractivity contribution in [3.63, 3.8) is 0 Å². The number of furan rings is 1. The second-order valence-electron chi connectivity index (χ2n) is 4.45. The summed E-state index contributed by atoms with van der Waals surface area (Å²) in [7, 11) is 0. The van der Waals surface area contributed by atoms with E-state index in [0.29, 0.717) is 10.4 Å². The summed E-state index contributed by atoms with van der Waals surface area (Å²) in [5, 5.41) is 13.6. The first-order valence-corrected chi connectivity index (χ1v) is 6.66. The summed E-state index contributed by atoms with van der Waals surface area (Å²) in [4.78, 5) is 0. The molecular formula is C12H18BrNO2. The van der Waals surface area contributed by atoms with Crippen molar-refractivity contribution in [1.29, 1.82) is 0 Å². The number of nitrogens with one attached hydrogen (secondary N) is 1. The fourth-order valence-electron chi connectivity index (χ4n) is 2.33. The first-order chi connectivity index (χ1) is 7.70. The average Bonchev–Trinajstić information content (AvgIpc) is 2.75. The lowest BCUT2D eigenvalue weighted by atomic mass is 9.87. The van der Waals surface area contributed by atoms with Crippen LogP contribution in [-0.4, -0.2) is 17.7 Å². The highest BCUT2D eigenvalue weighted by atomic mass is 79.9. The number of aliphatic hydroxyl groups is 1. The fourth-order valence-corrected chi connectivity index (χ4v) is 2.65. The number of hydrogen-bond acceptors (Lipinski definition) is 3.